The quantitative estimate of drug-likeness (QED) is 0.700. The largest absolute Gasteiger partial charge is 0.491 e. The van der Waals surface area contributed by atoms with Crippen molar-refractivity contribution >= 4 is 11.0 Å². The first-order valence-corrected chi connectivity index (χ1v) is 8.12. The van der Waals surface area contributed by atoms with Gasteiger partial charge in [-0.25, -0.2) is 4.98 Å². The van der Waals surface area contributed by atoms with Gasteiger partial charge in [-0.05, 0) is 36.8 Å². The maximum Gasteiger partial charge on any atom is 0.123 e. The number of aryl methyl sites for hydroxylation is 2. The Morgan fingerprint density at radius 1 is 1.21 bits per heavy atom. The Hall–Kier alpha value is -2.37. The van der Waals surface area contributed by atoms with Crippen molar-refractivity contribution in [2.75, 3.05) is 13.2 Å². The topological polar surface area (TPSA) is 59.3 Å². The number of para-hydroxylation sites is 2. The summed E-state index contributed by atoms with van der Waals surface area (Å²) in [6.45, 7) is 3.34. The third-order valence-electron chi connectivity index (χ3n) is 3.97. The number of aromatic nitrogens is 2. The third kappa shape index (κ3) is 3.93. The molecule has 24 heavy (non-hydrogen) atoms. The van der Waals surface area contributed by atoms with E-state index in [4.69, 9.17) is 4.74 Å². The Kier molecular flexibility index (Phi) is 5.13. The summed E-state index contributed by atoms with van der Waals surface area (Å²) in [6, 6.07) is 15.9. The molecule has 0 saturated heterocycles. The molecule has 0 aliphatic heterocycles. The highest BCUT2D eigenvalue weighted by Gasteiger charge is 2.09. The van der Waals surface area contributed by atoms with Gasteiger partial charge in [0.1, 0.15) is 24.3 Å². The lowest BCUT2D eigenvalue weighted by atomic mass is 10.2. The molecule has 0 bridgehead atoms. The molecule has 5 heteroatoms. The lowest BCUT2D eigenvalue weighted by molar-refractivity contribution is 0.106. The Labute approximate surface area is 141 Å². The number of nitrogens with one attached hydrogen (secondary N) is 1. The summed E-state index contributed by atoms with van der Waals surface area (Å²) in [4.78, 5) is 4.60. The van der Waals surface area contributed by atoms with Crippen molar-refractivity contribution in [2.24, 2.45) is 7.05 Å². The second-order valence-electron chi connectivity index (χ2n) is 5.99. The van der Waals surface area contributed by atoms with Crippen molar-refractivity contribution in [3.63, 3.8) is 0 Å². The van der Waals surface area contributed by atoms with E-state index in [-0.39, 0.29) is 6.61 Å². The highest BCUT2D eigenvalue weighted by molar-refractivity contribution is 5.75. The standard InChI is InChI=1S/C19H23N3O2/c1-14-6-5-7-16(10-14)24-13-15(23)11-20-12-19-21-17-8-3-4-9-18(17)22(19)2/h3-10,15,20,23H,11-13H2,1-2H3. The number of hydrogen-bond acceptors (Lipinski definition) is 4. The Morgan fingerprint density at radius 2 is 2.04 bits per heavy atom. The number of hydrogen-bond donors (Lipinski definition) is 2. The molecule has 1 aromatic heterocycles. The summed E-state index contributed by atoms with van der Waals surface area (Å²) in [5.74, 6) is 1.73. The number of nitrogens with zero attached hydrogens (tertiary/aromatic N) is 2. The number of benzene rings is 2. The van der Waals surface area contributed by atoms with E-state index in [2.05, 4.69) is 20.9 Å². The molecule has 126 valence electrons. The molecule has 3 rings (SSSR count). The van der Waals surface area contributed by atoms with Gasteiger partial charge in [-0.15, -0.1) is 0 Å². The van der Waals surface area contributed by atoms with E-state index in [1.807, 2.05) is 56.4 Å². The molecule has 0 fully saturated rings. The predicted molar refractivity (Wildman–Crippen MR) is 95.1 cm³/mol. The maximum absolute atomic E-state index is 10.1. The number of fused-ring (bicyclic) bond motifs is 1. The van der Waals surface area contributed by atoms with Crippen LogP contribution in [0.5, 0.6) is 5.75 Å². The van der Waals surface area contributed by atoms with Gasteiger partial charge in [0.05, 0.1) is 17.6 Å². The summed E-state index contributed by atoms with van der Waals surface area (Å²) in [7, 11) is 2.00. The van der Waals surface area contributed by atoms with Gasteiger partial charge < -0.3 is 19.7 Å². The van der Waals surface area contributed by atoms with Crippen molar-refractivity contribution < 1.29 is 9.84 Å². The molecule has 0 radical (unpaired) electrons. The van der Waals surface area contributed by atoms with Crippen molar-refractivity contribution in [3.8, 4) is 5.75 Å². The fraction of sp³-hybridized carbons (Fsp3) is 0.316. The van der Waals surface area contributed by atoms with Crippen LogP contribution >= 0.6 is 0 Å². The normalized spacial score (nSPS) is 12.5. The van der Waals surface area contributed by atoms with Gasteiger partial charge in [0.2, 0.25) is 0 Å². The fourth-order valence-electron chi connectivity index (χ4n) is 2.66. The smallest absolute Gasteiger partial charge is 0.123 e. The number of rotatable bonds is 7. The Morgan fingerprint density at radius 3 is 2.83 bits per heavy atom. The zero-order valence-corrected chi connectivity index (χ0v) is 14.1. The maximum atomic E-state index is 10.1. The van der Waals surface area contributed by atoms with E-state index in [0.717, 1.165) is 28.2 Å². The van der Waals surface area contributed by atoms with Gasteiger partial charge in [-0.2, -0.15) is 0 Å². The van der Waals surface area contributed by atoms with Crippen molar-refractivity contribution in [3.05, 3.63) is 59.9 Å². The molecule has 2 N–H and O–H groups in total. The number of imidazole rings is 1. The molecule has 1 heterocycles. The Bertz CT molecular complexity index is 813. The van der Waals surface area contributed by atoms with Gasteiger partial charge in [0, 0.05) is 13.6 Å². The number of ether oxygens (including phenoxy) is 1. The summed E-state index contributed by atoms with van der Waals surface area (Å²) in [6.07, 6.45) is -0.569. The summed E-state index contributed by atoms with van der Waals surface area (Å²) in [5.41, 5.74) is 3.24. The number of aliphatic hydroxyl groups is 1. The van der Waals surface area contributed by atoms with Crippen LogP contribution in [0.2, 0.25) is 0 Å². The molecule has 5 nitrogen and oxygen atoms in total. The van der Waals surface area contributed by atoms with Gasteiger partial charge in [-0.1, -0.05) is 24.3 Å². The SMILES string of the molecule is Cc1cccc(OCC(O)CNCc2nc3ccccc3n2C)c1. The van der Waals surface area contributed by atoms with Gasteiger partial charge in [0.25, 0.3) is 0 Å². The zero-order chi connectivity index (χ0) is 16.9. The van der Waals surface area contributed by atoms with Crippen LogP contribution < -0.4 is 10.1 Å². The van der Waals surface area contributed by atoms with Crippen LogP contribution in [0.1, 0.15) is 11.4 Å². The third-order valence-corrected chi connectivity index (χ3v) is 3.97. The van der Waals surface area contributed by atoms with Gasteiger partial charge in [0.15, 0.2) is 0 Å². The van der Waals surface area contributed by atoms with Crippen LogP contribution in [0.25, 0.3) is 11.0 Å². The predicted octanol–water partition coefficient (Wildman–Crippen LogP) is 2.41. The molecule has 1 atom stereocenters. The van der Waals surface area contributed by atoms with Gasteiger partial charge >= 0.3 is 0 Å². The van der Waals surface area contributed by atoms with Crippen LogP contribution in [-0.4, -0.2) is 33.9 Å². The number of aliphatic hydroxyl groups excluding tert-OH is 1. The summed E-state index contributed by atoms with van der Waals surface area (Å²) in [5, 5.41) is 13.3. The molecule has 0 amide bonds. The molecular weight excluding hydrogens is 302 g/mol. The second kappa shape index (κ2) is 7.47. The average molecular weight is 325 g/mol. The van der Waals surface area contributed by atoms with E-state index >= 15 is 0 Å². The fourth-order valence-corrected chi connectivity index (χ4v) is 2.66. The molecule has 0 aliphatic rings. The minimum absolute atomic E-state index is 0.263. The van der Waals surface area contributed by atoms with Crippen molar-refractivity contribution in [2.45, 2.75) is 19.6 Å². The van der Waals surface area contributed by atoms with E-state index in [0.29, 0.717) is 13.1 Å². The minimum atomic E-state index is -0.569. The van der Waals surface area contributed by atoms with Crippen molar-refractivity contribution in [1.29, 1.82) is 0 Å². The molecule has 0 spiro atoms. The second-order valence-corrected chi connectivity index (χ2v) is 5.99. The minimum Gasteiger partial charge on any atom is -0.491 e. The molecule has 2 aromatic carbocycles. The van der Waals surface area contributed by atoms with E-state index < -0.39 is 6.10 Å². The zero-order valence-electron chi connectivity index (χ0n) is 14.1. The molecule has 0 saturated carbocycles. The van der Waals surface area contributed by atoms with Crippen molar-refractivity contribution in [1.82, 2.24) is 14.9 Å². The lowest BCUT2D eigenvalue weighted by Crippen LogP contribution is -2.31. The van der Waals surface area contributed by atoms with E-state index in [1.54, 1.807) is 0 Å². The summed E-state index contributed by atoms with van der Waals surface area (Å²) >= 11 is 0. The summed E-state index contributed by atoms with van der Waals surface area (Å²) < 4.78 is 7.68. The molecular formula is C19H23N3O2. The van der Waals surface area contributed by atoms with Crippen LogP contribution in [0.4, 0.5) is 0 Å². The highest BCUT2D eigenvalue weighted by Crippen LogP contribution is 2.14. The molecule has 1 unspecified atom stereocenters. The molecule has 0 aliphatic carbocycles. The van der Waals surface area contributed by atoms with Crippen LogP contribution in [0, 0.1) is 6.92 Å². The molecule has 3 aromatic rings. The van der Waals surface area contributed by atoms with E-state index in [9.17, 15) is 5.11 Å². The highest BCUT2D eigenvalue weighted by atomic mass is 16.5. The first-order chi connectivity index (χ1) is 11.6. The van der Waals surface area contributed by atoms with Crippen LogP contribution in [-0.2, 0) is 13.6 Å². The Balaban J connectivity index is 1.47. The first kappa shape index (κ1) is 16.5. The van der Waals surface area contributed by atoms with Crippen LogP contribution in [0.15, 0.2) is 48.5 Å². The monoisotopic (exact) mass is 325 g/mol. The van der Waals surface area contributed by atoms with E-state index in [1.165, 1.54) is 0 Å². The van der Waals surface area contributed by atoms with Gasteiger partial charge in [-0.3, -0.25) is 0 Å². The van der Waals surface area contributed by atoms with Crippen LogP contribution in [0.3, 0.4) is 0 Å². The first-order valence-electron chi connectivity index (χ1n) is 8.12. The average Bonchev–Trinajstić information content (AvgIpc) is 2.90. The lowest BCUT2D eigenvalue weighted by Gasteiger charge is -2.13.